The van der Waals surface area contributed by atoms with Crippen molar-refractivity contribution in [1.29, 1.82) is 0 Å². The van der Waals surface area contributed by atoms with E-state index >= 15 is 0 Å². The van der Waals surface area contributed by atoms with Crippen LogP contribution in [-0.4, -0.2) is 41.6 Å². The largest absolute Gasteiger partial charge is 0.467 e. The molecule has 0 bridgehead atoms. The maximum absolute atomic E-state index is 5.69. The molecule has 1 atom stereocenters. The summed E-state index contributed by atoms with van der Waals surface area (Å²) < 4.78 is 9.84. The molecule has 0 amide bonds. The number of nitrogens with one attached hydrogen (secondary N) is 1. The molecule has 0 aromatic carbocycles. The molecule has 0 aliphatic rings. The molecule has 1 N–H and O–H groups in total. The summed E-state index contributed by atoms with van der Waals surface area (Å²) >= 11 is 5.69. The molecule has 0 aliphatic heterocycles. The Labute approximate surface area is 99.4 Å². The van der Waals surface area contributed by atoms with Crippen molar-refractivity contribution in [3.05, 3.63) is 0 Å². The second kappa shape index (κ2) is 6.32. The van der Waals surface area contributed by atoms with Crippen molar-refractivity contribution in [3.63, 3.8) is 0 Å². The lowest BCUT2D eigenvalue weighted by Gasteiger charge is -2.10. The zero-order chi connectivity index (χ0) is 12.0. The number of rotatable bonds is 6. The Morgan fingerprint density at radius 2 is 1.75 bits per heavy atom. The molecule has 1 aromatic heterocycles. The Kier molecular flexibility index (Phi) is 5.04. The van der Waals surface area contributed by atoms with Gasteiger partial charge in [0.05, 0.1) is 14.2 Å². The first-order valence-electron chi connectivity index (χ1n) is 4.83. The van der Waals surface area contributed by atoms with E-state index in [9.17, 15) is 0 Å². The summed E-state index contributed by atoms with van der Waals surface area (Å²) in [5, 5.41) is 3.04. The second-order valence-electron chi connectivity index (χ2n) is 3.27. The standard InChI is InChI=1S/C9H15ClN4O2/c1-6(4-10)5-11-7-12-8(15-2)14-9(13-7)16-3/h6H,4-5H2,1-3H3,(H,11,12,13,14). The van der Waals surface area contributed by atoms with E-state index in [0.29, 0.717) is 24.3 Å². The van der Waals surface area contributed by atoms with E-state index in [2.05, 4.69) is 20.3 Å². The molecule has 6 nitrogen and oxygen atoms in total. The highest BCUT2D eigenvalue weighted by molar-refractivity contribution is 6.18. The van der Waals surface area contributed by atoms with Gasteiger partial charge in [0.25, 0.3) is 0 Å². The van der Waals surface area contributed by atoms with E-state index in [1.807, 2.05) is 6.92 Å². The predicted molar refractivity (Wildman–Crippen MR) is 61.3 cm³/mol. The summed E-state index contributed by atoms with van der Waals surface area (Å²) in [7, 11) is 2.97. The molecule has 0 saturated heterocycles. The van der Waals surface area contributed by atoms with Gasteiger partial charge in [0, 0.05) is 12.4 Å². The van der Waals surface area contributed by atoms with Crippen molar-refractivity contribution in [3.8, 4) is 12.0 Å². The summed E-state index contributed by atoms with van der Waals surface area (Å²) in [5.41, 5.74) is 0. The predicted octanol–water partition coefficient (Wildman–Crippen LogP) is 1.18. The number of hydrogen-bond donors (Lipinski definition) is 1. The normalized spacial score (nSPS) is 12.0. The topological polar surface area (TPSA) is 69.2 Å². The molecule has 0 aliphatic carbocycles. The molecular weight excluding hydrogens is 232 g/mol. The third-order valence-electron chi connectivity index (χ3n) is 1.83. The summed E-state index contributed by atoms with van der Waals surface area (Å²) in [6.07, 6.45) is 0. The van der Waals surface area contributed by atoms with Gasteiger partial charge in [-0.1, -0.05) is 6.92 Å². The number of aromatic nitrogens is 3. The number of halogens is 1. The van der Waals surface area contributed by atoms with Crippen molar-refractivity contribution < 1.29 is 9.47 Å². The Morgan fingerprint density at radius 1 is 1.19 bits per heavy atom. The molecule has 1 aromatic rings. The average Bonchev–Trinajstić information content (AvgIpc) is 2.35. The fourth-order valence-corrected chi connectivity index (χ4v) is 1.03. The van der Waals surface area contributed by atoms with Crippen molar-refractivity contribution in [2.75, 3.05) is 32.0 Å². The fraction of sp³-hybridized carbons (Fsp3) is 0.667. The molecule has 0 radical (unpaired) electrons. The van der Waals surface area contributed by atoms with Gasteiger partial charge in [-0.15, -0.1) is 16.6 Å². The fourth-order valence-electron chi connectivity index (χ4n) is 0.920. The lowest BCUT2D eigenvalue weighted by Crippen LogP contribution is -2.15. The van der Waals surface area contributed by atoms with Crippen molar-refractivity contribution in [1.82, 2.24) is 15.0 Å². The lowest BCUT2D eigenvalue weighted by atomic mass is 10.2. The number of hydrogen-bond acceptors (Lipinski definition) is 6. The zero-order valence-corrected chi connectivity index (χ0v) is 10.3. The smallest absolute Gasteiger partial charge is 0.324 e. The molecule has 0 spiro atoms. The van der Waals surface area contributed by atoms with Gasteiger partial charge in [-0.3, -0.25) is 0 Å². The maximum Gasteiger partial charge on any atom is 0.324 e. The molecule has 90 valence electrons. The van der Waals surface area contributed by atoms with Crippen LogP contribution in [0.3, 0.4) is 0 Å². The minimum absolute atomic E-state index is 0.216. The molecule has 16 heavy (non-hydrogen) atoms. The van der Waals surface area contributed by atoms with Gasteiger partial charge in [-0.05, 0) is 5.92 Å². The van der Waals surface area contributed by atoms with Crippen molar-refractivity contribution >= 4 is 17.5 Å². The third kappa shape index (κ3) is 3.69. The van der Waals surface area contributed by atoms with Crippen LogP contribution >= 0.6 is 11.6 Å². The highest BCUT2D eigenvalue weighted by Crippen LogP contribution is 2.12. The van der Waals surface area contributed by atoms with Crippen LogP contribution in [0.15, 0.2) is 0 Å². The minimum atomic E-state index is 0.216. The second-order valence-corrected chi connectivity index (χ2v) is 3.58. The van der Waals surface area contributed by atoms with Gasteiger partial charge < -0.3 is 14.8 Å². The monoisotopic (exact) mass is 246 g/mol. The summed E-state index contributed by atoms with van der Waals surface area (Å²) in [4.78, 5) is 11.9. The van der Waals surface area contributed by atoms with Crippen molar-refractivity contribution in [2.24, 2.45) is 5.92 Å². The number of ether oxygens (including phenoxy) is 2. The summed E-state index contributed by atoms with van der Waals surface area (Å²) in [5.74, 6) is 1.32. The van der Waals surface area contributed by atoms with Gasteiger partial charge in [-0.25, -0.2) is 0 Å². The third-order valence-corrected chi connectivity index (χ3v) is 2.36. The number of anilines is 1. The minimum Gasteiger partial charge on any atom is -0.467 e. The lowest BCUT2D eigenvalue weighted by molar-refractivity contribution is 0.341. The Bertz CT molecular complexity index is 315. The van der Waals surface area contributed by atoms with E-state index in [4.69, 9.17) is 21.1 Å². The number of methoxy groups -OCH3 is 2. The van der Waals surface area contributed by atoms with Gasteiger partial charge in [0.2, 0.25) is 5.95 Å². The Morgan fingerprint density at radius 3 is 2.19 bits per heavy atom. The van der Waals surface area contributed by atoms with Gasteiger partial charge in [-0.2, -0.15) is 9.97 Å². The van der Waals surface area contributed by atoms with E-state index in [1.54, 1.807) is 0 Å². The van der Waals surface area contributed by atoms with Crippen LogP contribution < -0.4 is 14.8 Å². The van der Waals surface area contributed by atoms with Crippen LogP contribution in [0.2, 0.25) is 0 Å². The first-order chi connectivity index (χ1) is 7.69. The Balaban J connectivity index is 2.71. The SMILES string of the molecule is COc1nc(NCC(C)CCl)nc(OC)n1. The first-order valence-corrected chi connectivity index (χ1v) is 5.37. The van der Waals surface area contributed by atoms with Crippen LogP contribution in [0.25, 0.3) is 0 Å². The number of alkyl halides is 1. The molecular formula is C9H15ClN4O2. The summed E-state index contributed by atoms with van der Waals surface area (Å²) in [6, 6.07) is 0.431. The van der Waals surface area contributed by atoms with Crippen LogP contribution in [0.1, 0.15) is 6.92 Å². The van der Waals surface area contributed by atoms with Gasteiger partial charge >= 0.3 is 12.0 Å². The van der Waals surface area contributed by atoms with E-state index < -0.39 is 0 Å². The molecule has 1 heterocycles. The van der Waals surface area contributed by atoms with E-state index in [0.717, 1.165) is 0 Å². The average molecular weight is 247 g/mol. The summed E-state index contributed by atoms with van der Waals surface area (Å²) in [6.45, 7) is 2.70. The molecule has 7 heteroatoms. The van der Waals surface area contributed by atoms with Crippen LogP contribution in [0.5, 0.6) is 12.0 Å². The van der Waals surface area contributed by atoms with Gasteiger partial charge in [0.1, 0.15) is 0 Å². The molecule has 0 fully saturated rings. The van der Waals surface area contributed by atoms with Crippen molar-refractivity contribution in [2.45, 2.75) is 6.92 Å². The molecule has 1 rings (SSSR count). The van der Waals surface area contributed by atoms with Crippen LogP contribution in [0.4, 0.5) is 5.95 Å². The van der Waals surface area contributed by atoms with Gasteiger partial charge in [0.15, 0.2) is 0 Å². The Hall–Kier alpha value is -1.30. The molecule has 1 unspecified atom stereocenters. The van der Waals surface area contributed by atoms with Crippen LogP contribution in [-0.2, 0) is 0 Å². The quantitative estimate of drug-likeness (QED) is 0.760. The first kappa shape index (κ1) is 12.8. The highest BCUT2D eigenvalue weighted by Gasteiger charge is 2.07. The molecule has 0 saturated carbocycles. The van der Waals surface area contributed by atoms with E-state index in [1.165, 1.54) is 14.2 Å². The maximum atomic E-state index is 5.69. The van der Waals surface area contributed by atoms with Crippen LogP contribution in [0, 0.1) is 5.92 Å². The number of nitrogens with zero attached hydrogens (tertiary/aromatic N) is 3. The van der Waals surface area contributed by atoms with E-state index in [-0.39, 0.29) is 12.0 Å². The zero-order valence-electron chi connectivity index (χ0n) is 9.53. The highest BCUT2D eigenvalue weighted by atomic mass is 35.5.